The van der Waals surface area contributed by atoms with Crippen LogP contribution in [0.3, 0.4) is 0 Å². The van der Waals surface area contributed by atoms with Crippen LogP contribution in [0.1, 0.15) is 26.2 Å². The van der Waals surface area contributed by atoms with Gasteiger partial charge in [-0.2, -0.15) is 5.10 Å². The molecule has 4 heterocycles. The van der Waals surface area contributed by atoms with Crippen LogP contribution in [-0.2, 0) is 7.05 Å². The van der Waals surface area contributed by atoms with Gasteiger partial charge in [0.2, 0.25) is 0 Å². The Hall–Kier alpha value is -3.14. The Morgan fingerprint density at radius 2 is 2.13 bits per heavy atom. The molecule has 0 saturated carbocycles. The summed E-state index contributed by atoms with van der Waals surface area (Å²) in [4.78, 5) is 18.4. The Labute approximate surface area is 177 Å². The second-order valence-corrected chi connectivity index (χ2v) is 8.85. The summed E-state index contributed by atoms with van der Waals surface area (Å²) in [6, 6.07) is 2.55. The van der Waals surface area contributed by atoms with Crippen molar-refractivity contribution in [3.05, 3.63) is 34.9 Å². The third kappa shape index (κ3) is 3.21. The van der Waals surface area contributed by atoms with E-state index in [2.05, 4.69) is 32.5 Å². The van der Waals surface area contributed by atoms with Gasteiger partial charge in [0.15, 0.2) is 11.6 Å². The molecule has 0 amide bonds. The predicted octanol–water partition coefficient (Wildman–Crippen LogP) is 1.55. The van der Waals surface area contributed by atoms with Crippen LogP contribution in [0.15, 0.2) is 29.3 Å². The number of anilines is 1. The fourth-order valence-electron chi connectivity index (χ4n) is 4.83. The maximum Gasteiger partial charge on any atom is 0.274 e. The number of phenols is 1. The minimum absolute atomic E-state index is 0.0606. The van der Waals surface area contributed by atoms with E-state index in [1.165, 1.54) is 16.9 Å². The van der Waals surface area contributed by atoms with Crippen molar-refractivity contribution in [1.29, 1.82) is 0 Å². The number of alkyl halides is 1. The van der Waals surface area contributed by atoms with Gasteiger partial charge in [-0.15, -0.1) is 10.2 Å². The number of aromatic hydroxyl groups is 1. The Kier molecular flexibility index (Phi) is 4.44. The van der Waals surface area contributed by atoms with E-state index in [0.29, 0.717) is 28.6 Å². The first-order chi connectivity index (χ1) is 14.8. The molecule has 2 fully saturated rings. The topological polar surface area (TPSA) is 109 Å². The number of rotatable bonds is 3. The molecule has 31 heavy (non-hydrogen) atoms. The molecule has 9 nitrogen and oxygen atoms in total. The first kappa shape index (κ1) is 19.8. The van der Waals surface area contributed by atoms with Gasteiger partial charge in [0.05, 0.1) is 29.4 Å². The third-order valence-corrected chi connectivity index (χ3v) is 6.66. The highest BCUT2D eigenvalue weighted by atomic mass is 19.1. The first-order valence-corrected chi connectivity index (χ1v) is 10.3. The lowest BCUT2D eigenvalue weighted by Crippen LogP contribution is -2.60. The van der Waals surface area contributed by atoms with Crippen molar-refractivity contribution >= 4 is 16.6 Å². The number of benzene rings is 1. The van der Waals surface area contributed by atoms with Gasteiger partial charge in [0, 0.05) is 31.1 Å². The van der Waals surface area contributed by atoms with Crippen molar-refractivity contribution in [2.24, 2.45) is 7.05 Å². The molecule has 4 atom stereocenters. The molecule has 1 unspecified atom stereocenters. The van der Waals surface area contributed by atoms with Gasteiger partial charge in [-0.25, -0.2) is 14.1 Å². The van der Waals surface area contributed by atoms with Crippen LogP contribution in [0.5, 0.6) is 5.75 Å². The van der Waals surface area contributed by atoms with Crippen molar-refractivity contribution in [2.45, 2.75) is 50.0 Å². The number of fused-ring (bicyclic) bond motifs is 3. The molecular weight excluding hydrogens is 401 g/mol. The van der Waals surface area contributed by atoms with Gasteiger partial charge in [-0.05, 0) is 38.3 Å². The van der Waals surface area contributed by atoms with Crippen LogP contribution in [-0.4, -0.2) is 60.9 Å². The third-order valence-electron chi connectivity index (χ3n) is 6.66. The zero-order valence-corrected chi connectivity index (χ0v) is 17.6. The van der Waals surface area contributed by atoms with Crippen LogP contribution in [0.25, 0.3) is 22.2 Å². The van der Waals surface area contributed by atoms with E-state index in [0.717, 1.165) is 12.8 Å². The quantitative estimate of drug-likeness (QED) is 0.651. The maximum absolute atomic E-state index is 15.0. The van der Waals surface area contributed by atoms with Crippen LogP contribution in [0.2, 0.25) is 0 Å². The molecule has 0 radical (unpaired) electrons. The second kappa shape index (κ2) is 6.94. The number of aromatic nitrogens is 5. The molecule has 10 heteroatoms. The molecule has 5 rings (SSSR count). The molecule has 162 valence electrons. The van der Waals surface area contributed by atoms with Crippen LogP contribution in [0.4, 0.5) is 10.2 Å². The number of hydrogen-bond donors (Lipinski definition) is 2. The molecule has 2 saturated heterocycles. The lowest BCUT2D eigenvalue weighted by molar-refractivity contribution is 0.144. The minimum Gasteiger partial charge on any atom is -0.507 e. The van der Waals surface area contributed by atoms with Crippen molar-refractivity contribution in [3.63, 3.8) is 0 Å². The molecule has 3 aromatic rings. The Bertz CT molecular complexity index is 1210. The standard InChI is InChI=1S/C21H24FN7O2/c1-21-5-4-14(25-21)18(22)15(8-21)28(2)17-10-23-19(27-26-17)13-6-11-9-24-29(3)20(31)12(11)7-16(13)30/h6-7,9-10,14-15,18,25,30H,4-5,8H2,1-3H3/t14?,15-,18+,21-/m0/s1. The van der Waals surface area contributed by atoms with E-state index in [1.807, 2.05) is 7.05 Å². The molecule has 1 aromatic carbocycles. The van der Waals surface area contributed by atoms with E-state index in [4.69, 9.17) is 0 Å². The smallest absolute Gasteiger partial charge is 0.274 e. The first-order valence-electron chi connectivity index (χ1n) is 10.3. The monoisotopic (exact) mass is 425 g/mol. The maximum atomic E-state index is 15.0. The Balaban J connectivity index is 1.44. The number of halogens is 1. The highest BCUT2D eigenvalue weighted by Crippen LogP contribution is 2.39. The van der Waals surface area contributed by atoms with E-state index in [1.54, 1.807) is 24.2 Å². The van der Waals surface area contributed by atoms with Gasteiger partial charge in [-0.1, -0.05) is 0 Å². The van der Waals surface area contributed by atoms with Crippen molar-refractivity contribution in [2.75, 3.05) is 11.9 Å². The number of phenolic OH excluding ortho intramolecular Hbond substituents is 1. The molecular formula is C21H24FN7O2. The number of hydrogen-bond acceptors (Lipinski definition) is 8. The van der Waals surface area contributed by atoms with E-state index >= 15 is 4.39 Å². The molecule has 2 N–H and O–H groups in total. The van der Waals surface area contributed by atoms with E-state index in [-0.39, 0.29) is 34.8 Å². The van der Waals surface area contributed by atoms with Gasteiger partial charge in [0.1, 0.15) is 11.9 Å². The van der Waals surface area contributed by atoms with Gasteiger partial charge in [0.25, 0.3) is 5.56 Å². The number of aryl methyl sites for hydroxylation is 1. The SMILES string of the molecule is CN(c1cnc(-c2cc3cnn(C)c(=O)c3cc2O)nn1)[C@H]1C[C@]2(C)CCC(N2)[C@H]1F. The van der Waals surface area contributed by atoms with Gasteiger partial charge < -0.3 is 15.3 Å². The summed E-state index contributed by atoms with van der Waals surface area (Å²) in [5.74, 6) is 0.564. The van der Waals surface area contributed by atoms with Crippen LogP contribution < -0.4 is 15.8 Å². The molecule has 2 aliphatic heterocycles. The molecule has 2 aliphatic rings. The van der Waals surface area contributed by atoms with Crippen molar-refractivity contribution < 1.29 is 9.50 Å². The van der Waals surface area contributed by atoms with Gasteiger partial charge in [-0.3, -0.25) is 4.79 Å². The average molecular weight is 425 g/mol. The van der Waals surface area contributed by atoms with Crippen molar-refractivity contribution in [1.82, 2.24) is 30.3 Å². The highest BCUT2D eigenvalue weighted by molar-refractivity contribution is 5.88. The average Bonchev–Trinajstić information content (AvgIpc) is 3.10. The largest absolute Gasteiger partial charge is 0.507 e. The lowest BCUT2D eigenvalue weighted by Gasteiger charge is -2.43. The summed E-state index contributed by atoms with van der Waals surface area (Å²) in [6.07, 6.45) is 4.56. The summed E-state index contributed by atoms with van der Waals surface area (Å²) in [5.41, 5.74) is -0.0181. The van der Waals surface area contributed by atoms with Gasteiger partial charge >= 0.3 is 0 Å². The predicted molar refractivity (Wildman–Crippen MR) is 114 cm³/mol. The molecule has 2 aromatic heterocycles. The van der Waals surface area contributed by atoms with E-state index in [9.17, 15) is 9.90 Å². The van der Waals surface area contributed by atoms with Crippen LogP contribution >= 0.6 is 0 Å². The lowest BCUT2D eigenvalue weighted by atomic mass is 9.87. The number of piperidine rings is 1. The summed E-state index contributed by atoms with van der Waals surface area (Å²) in [5, 5.41) is 27.2. The molecule has 2 bridgehead atoms. The summed E-state index contributed by atoms with van der Waals surface area (Å²) in [7, 11) is 3.36. The summed E-state index contributed by atoms with van der Waals surface area (Å²) >= 11 is 0. The Morgan fingerprint density at radius 1 is 1.32 bits per heavy atom. The van der Waals surface area contributed by atoms with Crippen molar-refractivity contribution in [3.8, 4) is 17.1 Å². The zero-order chi connectivity index (χ0) is 21.9. The molecule has 0 spiro atoms. The fraction of sp³-hybridized carbons (Fsp3) is 0.476. The summed E-state index contributed by atoms with van der Waals surface area (Å²) < 4.78 is 16.2. The van der Waals surface area contributed by atoms with Crippen LogP contribution in [0, 0.1) is 0 Å². The second-order valence-electron chi connectivity index (χ2n) is 8.85. The summed E-state index contributed by atoms with van der Waals surface area (Å²) in [6.45, 7) is 2.14. The highest BCUT2D eigenvalue weighted by Gasteiger charge is 2.49. The minimum atomic E-state index is -0.998. The van der Waals surface area contributed by atoms with E-state index < -0.39 is 6.17 Å². The normalized spacial score (nSPS) is 27.5. The zero-order valence-electron chi connectivity index (χ0n) is 17.6. The Morgan fingerprint density at radius 3 is 2.87 bits per heavy atom. The molecule has 0 aliphatic carbocycles. The number of nitrogens with one attached hydrogen (secondary N) is 1. The number of nitrogens with zero attached hydrogens (tertiary/aromatic N) is 6. The fourth-order valence-corrected chi connectivity index (χ4v) is 4.83.